The second-order valence-corrected chi connectivity index (χ2v) is 5.03. The van der Waals surface area contributed by atoms with Crippen LogP contribution in [0.5, 0.6) is 0 Å². The molecule has 0 aliphatic heterocycles. The van der Waals surface area contributed by atoms with Crippen LogP contribution in [0.2, 0.25) is 0 Å². The Kier molecular flexibility index (Phi) is 2.81. The van der Waals surface area contributed by atoms with Gasteiger partial charge in [0, 0.05) is 35.2 Å². The van der Waals surface area contributed by atoms with Gasteiger partial charge in [-0.05, 0) is 18.9 Å². The van der Waals surface area contributed by atoms with Crippen LogP contribution in [-0.4, -0.2) is 15.7 Å². The van der Waals surface area contributed by atoms with E-state index in [0.717, 1.165) is 31.1 Å². The molecule has 1 aliphatic carbocycles. The summed E-state index contributed by atoms with van der Waals surface area (Å²) >= 11 is 0. The smallest absolute Gasteiger partial charge is 0.271 e. The summed E-state index contributed by atoms with van der Waals surface area (Å²) in [6, 6.07) is 4.58. The molecule has 19 heavy (non-hydrogen) atoms. The van der Waals surface area contributed by atoms with Gasteiger partial charge in [-0.25, -0.2) is 0 Å². The first kappa shape index (κ1) is 11.9. The van der Waals surface area contributed by atoms with E-state index in [4.69, 9.17) is 0 Å². The number of Topliss-reactive ketones (excluding diaryl/α,β-unsaturated/α-hetero) is 1. The minimum Gasteiger partial charge on any atom is -0.360 e. The number of ketones is 1. The summed E-state index contributed by atoms with van der Waals surface area (Å²) in [5.41, 5.74) is 1.35. The predicted octanol–water partition coefficient (Wildman–Crippen LogP) is 3.45. The average molecular weight is 258 g/mol. The number of H-pyrrole nitrogens is 1. The molecular formula is C14H14N2O3. The van der Waals surface area contributed by atoms with Gasteiger partial charge in [0.1, 0.15) is 0 Å². The number of carbonyl (C=O) groups is 1. The van der Waals surface area contributed by atoms with Crippen LogP contribution in [0.25, 0.3) is 10.9 Å². The molecule has 1 saturated carbocycles. The van der Waals surface area contributed by atoms with E-state index in [1.165, 1.54) is 12.1 Å². The van der Waals surface area contributed by atoms with Gasteiger partial charge >= 0.3 is 0 Å². The molecular weight excluding hydrogens is 244 g/mol. The number of nitrogens with zero attached hydrogens (tertiary/aromatic N) is 1. The monoisotopic (exact) mass is 258 g/mol. The van der Waals surface area contributed by atoms with Crippen molar-refractivity contribution in [1.29, 1.82) is 0 Å². The average Bonchev–Trinajstić information content (AvgIpc) is 3.06. The number of rotatable bonds is 3. The van der Waals surface area contributed by atoms with Gasteiger partial charge in [0.15, 0.2) is 5.78 Å². The van der Waals surface area contributed by atoms with E-state index < -0.39 is 4.92 Å². The van der Waals surface area contributed by atoms with Crippen LogP contribution >= 0.6 is 0 Å². The highest BCUT2D eigenvalue weighted by Gasteiger charge is 2.25. The second kappa shape index (κ2) is 4.50. The maximum atomic E-state index is 12.4. The third-order valence-electron chi connectivity index (χ3n) is 3.87. The highest BCUT2D eigenvalue weighted by atomic mass is 16.6. The first-order valence-electron chi connectivity index (χ1n) is 6.46. The molecule has 0 spiro atoms. The molecule has 0 bridgehead atoms. The largest absolute Gasteiger partial charge is 0.360 e. The summed E-state index contributed by atoms with van der Waals surface area (Å²) in [4.78, 5) is 25.6. The molecule has 0 radical (unpaired) electrons. The first-order chi connectivity index (χ1) is 9.16. The van der Waals surface area contributed by atoms with Crippen LogP contribution in [0.15, 0.2) is 24.4 Å². The fourth-order valence-corrected chi connectivity index (χ4v) is 2.84. The molecule has 1 fully saturated rings. The second-order valence-electron chi connectivity index (χ2n) is 5.03. The Hall–Kier alpha value is -2.17. The van der Waals surface area contributed by atoms with E-state index in [1.54, 1.807) is 12.3 Å². The van der Waals surface area contributed by atoms with Crippen molar-refractivity contribution in [1.82, 2.24) is 4.98 Å². The molecule has 1 aliphatic rings. The fraction of sp³-hybridized carbons (Fsp3) is 0.357. The van der Waals surface area contributed by atoms with Gasteiger partial charge in [-0.1, -0.05) is 12.8 Å². The summed E-state index contributed by atoms with van der Waals surface area (Å²) < 4.78 is 0. The van der Waals surface area contributed by atoms with E-state index in [2.05, 4.69) is 4.98 Å². The van der Waals surface area contributed by atoms with Gasteiger partial charge in [0.2, 0.25) is 0 Å². The number of aromatic amines is 1. The SMILES string of the molecule is O=C(c1c[nH]c2cc([N+](=O)[O-])ccc12)C1CCCC1. The number of non-ortho nitro benzene ring substituents is 1. The zero-order valence-corrected chi connectivity index (χ0v) is 10.4. The van der Waals surface area contributed by atoms with Gasteiger partial charge in [-0.2, -0.15) is 0 Å². The molecule has 2 aromatic rings. The van der Waals surface area contributed by atoms with Crippen molar-refractivity contribution in [3.05, 3.63) is 40.1 Å². The summed E-state index contributed by atoms with van der Waals surface area (Å²) in [6.45, 7) is 0. The predicted molar refractivity (Wildman–Crippen MR) is 71.2 cm³/mol. The normalized spacial score (nSPS) is 16.0. The van der Waals surface area contributed by atoms with Crippen molar-refractivity contribution in [3.8, 4) is 0 Å². The first-order valence-corrected chi connectivity index (χ1v) is 6.46. The zero-order chi connectivity index (χ0) is 13.4. The van der Waals surface area contributed by atoms with Crippen LogP contribution in [0.1, 0.15) is 36.0 Å². The standard InChI is InChI=1S/C14H14N2O3/c17-14(9-3-1-2-4-9)12-8-15-13-7-10(16(18)19)5-6-11(12)13/h5-9,15H,1-4H2. The summed E-state index contributed by atoms with van der Waals surface area (Å²) in [7, 11) is 0. The molecule has 5 nitrogen and oxygen atoms in total. The molecule has 1 heterocycles. The van der Waals surface area contributed by atoms with Crippen molar-refractivity contribution in [2.24, 2.45) is 5.92 Å². The minimum absolute atomic E-state index is 0.0363. The molecule has 98 valence electrons. The number of hydrogen-bond donors (Lipinski definition) is 1. The molecule has 0 amide bonds. The third kappa shape index (κ3) is 2.01. The van der Waals surface area contributed by atoms with E-state index in [9.17, 15) is 14.9 Å². The van der Waals surface area contributed by atoms with Crippen molar-refractivity contribution in [2.45, 2.75) is 25.7 Å². The number of benzene rings is 1. The van der Waals surface area contributed by atoms with Gasteiger partial charge in [0.25, 0.3) is 5.69 Å². The maximum absolute atomic E-state index is 12.4. The van der Waals surface area contributed by atoms with Crippen molar-refractivity contribution < 1.29 is 9.72 Å². The molecule has 5 heteroatoms. The Bertz CT molecular complexity index is 654. The maximum Gasteiger partial charge on any atom is 0.271 e. The topological polar surface area (TPSA) is 76.0 Å². The number of nitro benzene ring substituents is 1. The number of nitrogens with one attached hydrogen (secondary N) is 1. The van der Waals surface area contributed by atoms with Crippen molar-refractivity contribution in [2.75, 3.05) is 0 Å². The van der Waals surface area contributed by atoms with Crippen LogP contribution in [0.4, 0.5) is 5.69 Å². The van der Waals surface area contributed by atoms with E-state index >= 15 is 0 Å². The van der Waals surface area contributed by atoms with E-state index in [-0.39, 0.29) is 17.4 Å². The summed E-state index contributed by atoms with van der Waals surface area (Å²) in [6.07, 6.45) is 5.82. The number of fused-ring (bicyclic) bond motifs is 1. The highest BCUT2D eigenvalue weighted by Crippen LogP contribution is 2.31. The quantitative estimate of drug-likeness (QED) is 0.520. The number of carbonyl (C=O) groups excluding carboxylic acids is 1. The van der Waals surface area contributed by atoms with Crippen LogP contribution in [-0.2, 0) is 0 Å². The van der Waals surface area contributed by atoms with Gasteiger partial charge in [0.05, 0.1) is 10.4 Å². The minimum atomic E-state index is -0.432. The molecule has 0 saturated heterocycles. The number of aromatic nitrogens is 1. The molecule has 0 atom stereocenters. The molecule has 0 unspecified atom stereocenters. The van der Waals surface area contributed by atoms with Crippen molar-refractivity contribution in [3.63, 3.8) is 0 Å². The Labute approximate surface area is 109 Å². The molecule has 1 N–H and O–H groups in total. The van der Waals surface area contributed by atoms with Crippen LogP contribution < -0.4 is 0 Å². The van der Waals surface area contributed by atoms with E-state index in [0.29, 0.717) is 11.1 Å². The van der Waals surface area contributed by atoms with E-state index in [1.807, 2.05) is 0 Å². The molecule has 3 rings (SSSR count). The Morgan fingerprint density at radius 2 is 2.05 bits per heavy atom. The zero-order valence-electron chi connectivity index (χ0n) is 10.4. The molecule has 1 aromatic carbocycles. The van der Waals surface area contributed by atoms with Crippen molar-refractivity contribution >= 4 is 22.4 Å². The molecule has 1 aromatic heterocycles. The summed E-state index contributed by atoms with van der Waals surface area (Å²) in [5.74, 6) is 0.284. The Morgan fingerprint density at radius 3 is 2.74 bits per heavy atom. The lowest BCUT2D eigenvalue weighted by Crippen LogP contribution is -2.10. The van der Waals surface area contributed by atoms with Gasteiger partial charge in [-0.3, -0.25) is 14.9 Å². The van der Waals surface area contributed by atoms with Gasteiger partial charge < -0.3 is 4.98 Å². The van der Waals surface area contributed by atoms with Crippen LogP contribution in [0, 0.1) is 16.0 Å². The lowest BCUT2D eigenvalue weighted by atomic mass is 9.96. The Balaban J connectivity index is 2.00. The highest BCUT2D eigenvalue weighted by molar-refractivity contribution is 6.09. The summed E-state index contributed by atoms with van der Waals surface area (Å²) in [5, 5.41) is 11.5. The number of hydrogen-bond acceptors (Lipinski definition) is 3. The lowest BCUT2D eigenvalue weighted by Gasteiger charge is -2.06. The third-order valence-corrected chi connectivity index (χ3v) is 3.87. The van der Waals surface area contributed by atoms with Gasteiger partial charge in [-0.15, -0.1) is 0 Å². The fourth-order valence-electron chi connectivity index (χ4n) is 2.84. The Morgan fingerprint density at radius 1 is 1.32 bits per heavy atom. The lowest BCUT2D eigenvalue weighted by molar-refractivity contribution is -0.384. The van der Waals surface area contributed by atoms with Crippen LogP contribution in [0.3, 0.4) is 0 Å². The number of nitro groups is 1.